The monoisotopic (exact) mass is 448 g/mol. The Morgan fingerprint density at radius 1 is 1.00 bits per heavy atom. The Balaban J connectivity index is 1.68. The summed E-state index contributed by atoms with van der Waals surface area (Å²) in [5, 5.41) is 13.4. The molecule has 2 atom stereocenters. The van der Waals surface area contributed by atoms with E-state index in [-0.39, 0.29) is 11.8 Å². The highest BCUT2D eigenvalue weighted by atomic mass is 16.4. The van der Waals surface area contributed by atoms with Crippen molar-refractivity contribution in [3.05, 3.63) is 81.1 Å². The Kier molecular flexibility index (Phi) is 5.87. The van der Waals surface area contributed by atoms with Gasteiger partial charge in [0, 0.05) is 23.5 Å². The number of carbonyl (C=O) groups excluding carboxylic acids is 1. The van der Waals surface area contributed by atoms with Crippen molar-refractivity contribution in [1.29, 1.82) is 0 Å². The van der Waals surface area contributed by atoms with Gasteiger partial charge in [-0.05, 0) is 29.7 Å². The van der Waals surface area contributed by atoms with Gasteiger partial charge in [0.05, 0.1) is 10.9 Å². The first-order valence-electron chi connectivity index (χ1n) is 10.6. The summed E-state index contributed by atoms with van der Waals surface area (Å²) in [6.45, 7) is 3.39. The lowest BCUT2D eigenvalue weighted by molar-refractivity contribution is -0.142. The maximum absolute atomic E-state index is 13.2. The molecular formula is C24H24N4O5. The van der Waals surface area contributed by atoms with Crippen LogP contribution in [0, 0.1) is 5.92 Å². The number of carboxylic acids is 1. The van der Waals surface area contributed by atoms with E-state index in [1.54, 1.807) is 44.3 Å². The lowest BCUT2D eigenvalue weighted by Crippen LogP contribution is -2.51. The standard InChI is InChI=1S/C24H24N4O5/c1-13(2)20(28-22(30)16-8-4-6-10-18(16)27-24(28)33)21(29)26-19(23(31)32)11-14-12-25-17-9-5-3-7-15(14)17/h3-10,12-13,19-20,25H,11H2,1-2H3,(H,26,29)(H,27,33)(H,31,32). The number of hydrogen-bond acceptors (Lipinski definition) is 4. The molecule has 0 bridgehead atoms. The molecule has 2 unspecified atom stereocenters. The molecule has 0 radical (unpaired) electrons. The number of amides is 1. The molecule has 2 heterocycles. The Hall–Kier alpha value is -4.14. The fraction of sp³-hybridized carbons (Fsp3) is 0.250. The Labute approximate surface area is 188 Å². The number of para-hydroxylation sites is 2. The van der Waals surface area contributed by atoms with Crippen LogP contribution in [-0.2, 0) is 16.0 Å². The first-order valence-corrected chi connectivity index (χ1v) is 10.6. The van der Waals surface area contributed by atoms with Gasteiger partial charge in [-0.2, -0.15) is 0 Å². The second-order valence-electron chi connectivity index (χ2n) is 8.30. The zero-order valence-corrected chi connectivity index (χ0v) is 18.2. The molecule has 0 aliphatic carbocycles. The molecule has 1 amide bonds. The van der Waals surface area contributed by atoms with E-state index in [9.17, 15) is 24.3 Å². The van der Waals surface area contributed by atoms with E-state index in [0.29, 0.717) is 5.52 Å². The minimum Gasteiger partial charge on any atom is -0.480 e. The molecule has 170 valence electrons. The largest absolute Gasteiger partial charge is 0.480 e. The Morgan fingerprint density at radius 3 is 2.30 bits per heavy atom. The first-order chi connectivity index (χ1) is 15.8. The molecule has 4 rings (SSSR count). The summed E-state index contributed by atoms with van der Waals surface area (Å²) in [5.74, 6) is -2.37. The summed E-state index contributed by atoms with van der Waals surface area (Å²) in [5.41, 5.74) is 0.634. The highest BCUT2D eigenvalue weighted by Gasteiger charge is 2.31. The fourth-order valence-corrected chi connectivity index (χ4v) is 4.12. The van der Waals surface area contributed by atoms with Crippen LogP contribution in [0.2, 0.25) is 0 Å². The van der Waals surface area contributed by atoms with Crippen LogP contribution in [0.1, 0.15) is 25.5 Å². The third-order valence-electron chi connectivity index (χ3n) is 5.73. The molecule has 0 saturated carbocycles. The Morgan fingerprint density at radius 2 is 1.64 bits per heavy atom. The van der Waals surface area contributed by atoms with Crippen molar-refractivity contribution < 1.29 is 14.7 Å². The van der Waals surface area contributed by atoms with Gasteiger partial charge in [-0.3, -0.25) is 9.59 Å². The average molecular weight is 448 g/mol. The van der Waals surface area contributed by atoms with Gasteiger partial charge in [0.1, 0.15) is 12.1 Å². The van der Waals surface area contributed by atoms with Crippen molar-refractivity contribution in [2.75, 3.05) is 0 Å². The van der Waals surface area contributed by atoms with Crippen LogP contribution in [0.5, 0.6) is 0 Å². The predicted molar refractivity (Wildman–Crippen MR) is 124 cm³/mol. The van der Waals surface area contributed by atoms with Gasteiger partial charge >= 0.3 is 11.7 Å². The van der Waals surface area contributed by atoms with E-state index >= 15 is 0 Å². The third-order valence-corrected chi connectivity index (χ3v) is 5.73. The second-order valence-corrected chi connectivity index (χ2v) is 8.30. The Bertz CT molecular complexity index is 1460. The molecular weight excluding hydrogens is 424 g/mol. The van der Waals surface area contributed by atoms with Gasteiger partial charge in [-0.25, -0.2) is 14.2 Å². The van der Waals surface area contributed by atoms with Crippen molar-refractivity contribution in [3.63, 3.8) is 0 Å². The first kappa shape index (κ1) is 22.1. The number of carboxylic acid groups (broad SMARTS) is 1. The minimum absolute atomic E-state index is 0.0406. The number of carbonyl (C=O) groups is 2. The van der Waals surface area contributed by atoms with Crippen molar-refractivity contribution in [1.82, 2.24) is 19.9 Å². The minimum atomic E-state index is -1.24. The van der Waals surface area contributed by atoms with E-state index in [2.05, 4.69) is 15.3 Å². The lowest BCUT2D eigenvalue weighted by Gasteiger charge is -2.24. The molecule has 0 saturated heterocycles. The number of hydrogen-bond donors (Lipinski definition) is 4. The molecule has 4 N–H and O–H groups in total. The number of fused-ring (bicyclic) bond motifs is 2. The topological polar surface area (TPSA) is 137 Å². The van der Waals surface area contributed by atoms with Crippen molar-refractivity contribution in [3.8, 4) is 0 Å². The molecule has 4 aromatic rings. The average Bonchev–Trinajstić information content (AvgIpc) is 3.18. The number of benzene rings is 2. The number of nitrogens with one attached hydrogen (secondary N) is 3. The fourth-order valence-electron chi connectivity index (χ4n) is 4.12. The predicted octanol–water partition coefficient (Wildman–Crippen LogP) is 2.18. The number of aliphatic carboxylic acids is 1. The maximum Gasteiger partial charge on any atom is 0.329 e. The molecule has 2 aromatic heterocycles. The van der Waals surface area contributed by atoms with Crippen molar-refractivity contribution >= 4 is 33.7 Å². The maximum atomic E-state index is 13.2. The van der Waals surface area contributed by atoms with Gasteiger partial charge in [-0.15, -0.1) is 0 Å². The normalized spacial score (nSPS) is 13.3. The van der Waals surface area contributed by atoms with Crippen LogP contribution in [0.4, 0.5) is 0 Å². The van der Waals surface area contributed by atoms with E-state index in [1.807, 2.05) is 24.3 Å². The molecule has 9 nitrogen and oxygen atoms in total. The van der Waals surface area contributed by atoms with Gasteiger partial charge in [0.15, 0.2) is 0 Å². The van der Waals surface area contributed by atoms with Gasteiger partial charge in [-0.1, -0.05) is 44.2 Å². The van der Waals surface area contributed by atoms with Crippen LogP contribution >= 0.6 is 0 Å². The summed E-state index contributed by atoms with van der Waals surface area (Å²) < 4.78 is 0.868. The molecule has 0 aliphatic heterocycles. The van der Waals surface area contributed by atoms with Gasteiger partial charge in [0.25, 0.3) is 5.56 Å². The number of aromatic amines is 2. The SMILES string of the molecule is CC(C)C(C(=O)NC(Cc1c[nH]c2ccccc12)C(=O)O)n1c(=O)[nH]c2ccccc2c1=O. The summed E-state index contributed by atoms with van der Waals surface area (Å²) in [4.78, 5) is 56.7. The smallest absolute Gasteiger partial charge is 0.329 e. The van der Waals surface area contributed by atoms with Gasteiger partial charge in [0.2, 0.25) is 5.91 Å². The third kappa shape index (κ3) is 4.17. The van der Waals surface area contributed by atoms with Crippen LogP contribution in [0.3, 0.4) is 0 Å². The van der Waals surface area contributed by atoms with E-state index in [0.717, 1.165) is 21.0 Å². The molecule has 9 heteroatoms. The summed E-state index contributed by atoms with van der Waals surface area (Å²) in [6.07, 6.45) is 1.75. The van der Waals surface area contributed by atoms with Gasteiger partial charge < -0.3 is 20.4 Å². The second kappa shape index (κ2) is 8.78. The van der Waals surface area contributed by atoms with Crippen LogP contribution in [0.25, 0.3) is 21.8 Å². The number of nitrogens with zero attached hydrogens (tertiary/aromatic N) is 1. The zero-order chi connectivity index (χ0) is 23.7. The highest BCUT2D eigenvalue weighted by molar-refractivity contribution is 5.88. The molecule has 2 aromatic carbocycles. The zero-order valence-electron chi connectivity index (χ0n) is 18.2. The molecule has 33 heavy (non-hydrogen) atoms. The number of H-pyrrole nitrogens is 2. The molecule has 0 fully saturated rings. The van der Waals surface area contributed by atoms with Crippen LogP contribution < -0.4 is 16.6 Å². The summed E-state index contributed by atoms with van der Waals surface area (Å²) in [7, 11) is 0. The highest BCUT2D eigenvalue weighted by Crippen LogP contribution is 2.20. The number of aromatic nitrogens is 3. The van der Waals surface area contributed by atoms with E-state index in [1.165, 1.54) is 0 Å². The van der Waals surface area contributed by atoms with Crippen molar-refractivity contribution in [2.24, 2.45) is 5.92 Å². The number of rotatable bonds is 7. The van der Waals surface area contributed by atoms with Crippen LogP contribution in [0.15, 0.2) is 64.3 Å². The van der Waals surface area contributed by atoms with Crippen molar-refractivity contribution in [2.45, 2.75) is 32.4 Å². The van der Waals surface area contributed by atoms with Crippen LogP contribution in [-0.4, -0.2) is 37.6 Å². The van der Waals surface area contributed by atoms with E-state index < -0.39 is 41.1 Å². The summed E-state index contributed by atoms with van der Waals surface area (Å²) in [6, 6.07) is 11.6. The van der Waals surface area contributed by atoms with E-state index in [4.69, 9.17) is 0 Å². The molecule has 0 spiro atoms. The summed E-state index contributed by atoms with van der Waals surface area (Å²) >= 11 is 0. The molecule has 0 aliphatic rings. The quantitative estimate of drug-likeness (QED) is 0.343. The lowest BCUT2D eigenvalue weighted by atomic mass is 10.0.